The molecule has 1 aromatic carbocycles. The van der Waals surface area contributed by atoms with E-state index in [1.807, 2.05) is 6.92 Å². The van der Waals surface area contributed by atoms with Crippen molar-refractivity contribution in [3.05, 3.63) is 28.8 Å². The quantitative estimate of drug-likeness (QED) is 0.843. The van der Waals surface area contributed by atoms with Crippen molar-refractivity contribution in [3.63, 3.8) is 0 Å². The number of nitrogens with one attached hydrogen (secondary N) is 1. The van der Waals surface area contributed by atoms with E-state index in [1.165, 1.54) is 6.07 Å². The molecule has 0 aliphatic carbocycles. The van der Waals surface area contributed by atoms with Crippen LogP contribution in [-0.2, 0) is 10.0 Å². The lowest BCUT2D eigenvalue weighted by molar-refractivity contribution is 0.279. The Morgan fingerprint density at radius 2 is 2.11 bits per heavy atom. The summed E-state index contributed by atoms with van der Waals surface area (Å²) in [5, 5.41) is 8.93. The van der Waals surface area contributed by atoms with Crippen LogP contribution in [0.25, 0.3) is 0 Å². The summed E-state index contributed by atoms with van der Waals surface area (Å²) in [5.41, 5.74) is 0.910. The first-order chi connectivity index (χ1) is 8.36. The first-order valence-corrected chi connectivity index (χ1v) is 7.62. The molecule has 0 heterocycles. The highest BCUT2D eigenvalue weighted by Gasteiger charge is 2.20. The maximum atomic E-state index is 12.1. The molecule has 0 saturated carbocycles. The maximum absolute atomic E-state index is 12.1. The highest BCUT2D eigenvalue weighted by Crippen LogP contribution is 2.22. The zero-order valence-corrected chi connectivity index (χ0v) is 12.1. The predicted molar refractivity (Wildman–Crippen MR) is 72.3 cm³/mol. The standard InChI is InChI=1S/C12H18ClNO3S/c1-9-5-6-12(11(13)8-9)18(16,17)14-10(2)4-3-7-15/h5-6,8,10,14-15H,3-4,7H2,1-2H3. The molecule has 1 atom stereocenters. The number of hydrogen-bond acceptors (Lipinski definition) is 3. The monoisotopic (exact) mass is 291 g/mol. The molecule has 1 unspecified atom stereocenters. The van der Waals surface area contributed by atoms with Gasteiger partial charge in [0.25, 0.3) is 0 Å². The Labute approximate surface area is 113 Å². The van der Waals surface area contributed by atoms with E-state index in [2.05, 4.69) is 4.72 Å². The summed E-state index contributed by atoms with van der Waals surface area (Å²) in [6, 6.07) is 4.59. The average Bonchev–Trinajstić information content (AvgIpc) is 2.25. The Morgan fingerprint density at radius 1 is 1.44 bits per heavy atom. The first-order valence-electron chi connectivity index (χ1n) is 5.76. The molecule has 0 aliphatic rings. The average molecular weight is 292 g/mol. The second-order valence-electron chi connectivity index (χ2n) is 4.32. The van der Waals surface area contributed by atoms with Crippen LogP contribution in [-0.4, -0.2) is 26.2 Å². The van der Waals surface area contributed by atoms with E-state index in [4.69, 9.17) is 16.7 Å². The Bertz CT molecular complexity index is 502. The van der Waals surface area contributed by atoms with Crippen LogP contribution in [0.5, 0.6) is 0 Å². The molecule has 4 nitrogen and oxygen atoms in total. The van der Waals surface area contributed by atoms with Gasteiger partial charge in [-0.15, -0.1) is 0 Å². The van der Waals surface area contributed by atoms with Gasteiger partial charge < -0.3 is 5.11 Å². The van der Waals surface area contributed by atoms with Crippen LogP contribution in [0.15, 0.2) is 23.1 Å². The van der Waals surface area contributed by atoms with Crippen LogP contribution in [0, 0.1) is 6.92 Å². The largest absolute Gasteiger partial charge is 0.396 e. The molecule has 2 N–H and O–H groups in total. The van der Waals surface area contributed by atoms with Gasteiger partial charge in [0.05, 0.1) is 5.02 Å². The minimum Gasteiger partial charge on any atom is -0.396 e. The summed E-state index contributed by atoms with van der Waals surface area (Å²) in [7, 11) is -3.60. The zero-order chi connectivity index (χ0) is 13.8. The zero-order valence-electron chi connectivity index (χ0n) is 10.5. The molecule has 0 spiro atoms. The molecule has 0 fully saturated rings. The predicted octanol–water partition coefficient (Wildman–Crippen LogP) is 2.09. The molecule has 18 heavy (non-hydrogen) atoms. The van der Waals surface area contributed by atoms with E-state index in [-0.39, 0.29) is 22.6 Å². The topological polar surface area (TPSA) is 66.4 Å². The summed E-state index contributed by atoms with van der Waals surface area (Å²) in [6.45, 7) is 3.66. The SMILES string of the molecule is Cc1ccc(S(=O)(=O)NC(C)CCCO)c(Cl)c1. The van der Waals surface area contributed by atoms with Crippen molar-refractivity contribution in [2.24, 2.45) is 0 Å². The van der Waals surface area contributed by atoms with Gasteiger partial charge in [0.15, 0.2) is 0 Å². The molecular formula is C12H18ClNO3S. The molecular weight excluding hydrogens is 274 g/mol. The van der Waals surface area contributed by atoms with Crippen molar-refractivity contribution < 1.29 is 13.5 Å². The van der Waals surface area contributed by atoms with Crippen LogP contribution in [0.1, 0.15) is 25.3 Å². The van der Waals surface area contributed by atoms with E-state index in [9.17, 15) is 8.42 Å². The second kappa shape index (κ2) is 6.52. The summed E-state index contributed by atoms with van der Waals surface area (Å²) in [5.74, 6) is 0. The fourth-order valence-corrected chi connectivity index (χ4v) is 3.49. The molecule has 0 aliphatic heterocycles. The van der Waals surface area contributed by atoms with Crippen molar-refractivity contribution in [1.29, 1.82) is 0 Å². The Kier molecular flexibility index (Phi) is 5.59. The molecule has 0 radical (unpaired) electrons. The van der Waals surface area contributed by atoms with E-state index >= 15 is 0 Å². The molecule has 6 heteroatoms. The van der Waals surface area contributed by atoms with Crippen molar-refractivity contribution in [1.82, 2.24) is 4.72 Å². The number of aliphatic hydroxyl groups is 1. The first kappa shape index (κ1) is 15.4. The van der Waals surface area contributed by atoms with Gasteiger partial charge in [-0.2, -0.15) is 0 Å². The molecule has 0 aromatic heterocycles. The normalized spacial score (nSPS) is 13.6. The minimum atomic E-state index is -3.60. The summed E-state index contributed by atoms with van der Waals surface area (Å²) >= 11 is 5.94. The second-order valence-corrected chi connectivity index (χ2v) is 6.41. The maximum Gasteiger partial charge on any atom is 0.242 e. The molecule has 0 bridgehead atoms. The third-order valence-electron chi connectivity index (χ3n) is 2.53. The molecule has 0 amide bonds. The third kappa shape index (κ3) is 4.24. The van der Waals surface area contributed by atoms with Crippen molar-refractivity contribution in [2.75, 3.05) is 6.61 Å². The number of halogens is 1. The summed E-state index contributed by atoms with van der Waals surface area (Å²) < 4.78 is 26.7. The van der Waals surface area contributed by atoms with Crippen molar-refractivity contribution in [3.8, 4) is 0 Å². The lowest BCUT2D eigenvalue weighted by atomic mass is 10.2. The molecule has 102 valence electrons. The lowest BCUT2D eigenvalue weighted by Crippen LogP contribution is -2.32. The summed E-state index contributed by atoms with van der Waals surface area (Å²) in [4.78, 5) is 0.0885. The number of aliphatic hydroxyl groups excluding tert-OH is 1. The van der Waals surface area contributed by atoms with E-state index in [0.29, 0.717) is 12.8 Å². The molecule has 0 saturated heterocycles. The number of rotatable bonds is 6. The van der Waals surface area contributed by atoms with E-state index < -0.39 is 10.0 Å². The van der Waals surface area contributed by atoms with Crippen LogP contribution in [0.3, 0.4) is 0 Å². The fraction of sp³-hybridized carbons (Fsp3) is 0.500. The Hall–Kier alpha value is -0.620. The highest BCUT2D eigenvalue weighted by molar-refractivity contribution is 7.89. The van der Waals surface area contributed by atoms with Gasteiger partial charge in [0.2, 0.25) is 10.0 Å². The number of hydrogen-bond donors (Lipinski definition) is 2. The fourth-order valence-electron chi connectivity index (χ4n) is 1.61. The smallest absolute Gasteiger partial charge is 0.242 e. The van der Waals surface area contributed by atoms with E-state index in [1.54, 1.807) is 19.1 Å². The van der Waals surface area contributed by atoms with Gasteiger partial charge in [0.1, 0.15) is 4.90 Å². The number of aryl methyl sites for hydroxylation is 1. The number of sulfonamides is 1. The molecule has 1 rings (SSSR count). The van der Waals surface area contributed by atoms with Gasteiger partial charge in [-0.1, -0.05) is 17.7 Å². The minimum absolute atomic E-state index is 0.0529. The van der Waals surface area contributed by atoms with Gasteiger partial charge in [-0.05, 0) is 44.4 Å². The third-order valence-corrected chi connectivity index (χ3v) is 4.60. The van der Waals surface area contributed by atoms with Gasteiger partial charge >= 0.3 is 0 Å². The van der Waals surface area contributed by atoms with E-state index in [0.717, 1.165) is 5.56 Å². The van der Waals surface area contributed by atoms with Crippen LogP contribution in [0.4, 0.5) is 0 Å². The highest BCUT2D eigenvalue weighted by atomic mass is 35.5. The van der Waals surface area contributed by atoms with Gasteiger partial charge in [0, 0.05) is 12.6 Å². The number of benzene rings is 1. The van der Waals surface area contributed by atoms with Gasteiger partial charge in [-0.3, -0.25) is 0 Å². The van der Waals surface area contributed by atoms with Gasteiger partial charge in [-0.25, -0.2) is 13.1 Å². The Balaban J connectivity index is 2.86. The molecule has 1 aromatic rings. The lowest BCUT2D eigenvalue weighted by Gasteiger charge is -2.14. The Morgan fingerprint density at radius 3 is 2.67 bits per heavy atom. The van der Waals surface area contributed by atoms with Crippen molar-refractivity contribution in [2.45, 2.75) is 37.6 Å². The summed E-state index contributed by atoms with van der Waals surface area (Å²) in [6.07, 6.45) is 1.14. The van der Waals surface area contributed by atoms with Crippen molar-refractivity contribution >= 4 is 21.6 Å². The van der Waals surface area contributed by atoms with Crippen LogP contribution < -0.4 is 4.72 Å². The van der Waals surface area contributed by atoms with Crippen LogP contribution >= 0.6 is 11.6 Å². The van der Waals surface area contributed by atoms with Crippen LogP contribution in [0.2, 0.25) is 5.02 Å².